The van der Waals surface area contributed by atoms with E-state index >= 15 is 0 Å². The summed E-state index contributed by atoms with van der Waals surface area (Å²) in [5.74, 6) is 1.17. The van der Waals surface area contributed by atoms with E-state index in [2.05, 4.69) is 31.9 Å². The first kappa shape index (κ1) is 15.2. The monoisotopic (exact) mass is 406 g/mol. The molecule has 0 saturated carbocycles. The minimum Gasteiger partial charge on any atom is -0.496 e. The maximum atomic E-state index is 11.6. The van der Waals surface area contributed by atoms with E-state index in [1.165, 1.54) is 14.2 Å². The lowest BCUT2D eigenvalue weighted by molar-refractivity contribution is -0.139. The van der Waals surface area contributed by atoms with Crippen LogP contribution in [-0.4, -0.2) is 27.3 Å². The molecule has 0 bridgehead atoms. The first-order chi connectivity index (χ1) is 9.53. The van der Waals surface area contributed by atoms with Crippen molar-refractivity contribution in [3.8, 4) is 17.2 Å². The van der Waals surface area contributed by atoms with Crippen LogP contribution in [0, 0.1) is 0 Å². The van der Waals surface area contributed by atoms with Gasteiger partial charge in [-0.1, -0.05) is 0 Å². The number of rotatable bonds is 4. The highest BCUT2D eigenvalue weighted by Gasteiger charge is 2.36. The number of ether oxygens (including phenoxy) is 4. The molecule has 0 fully saturated rings. The maximum Gasteiger partial charge on any atom is 0.347 e. The molecule has 2 rings (SSSR count). The Morgan fingerprint density at radius 3 is 1.95 bits per heavy atom. The molecule has 0 aliphatic carbocycles. The molecule has 1 aliphatic rings. The lowest BCUT2D eigenvalue weighted by atomic mass is 10.1. The number of methoxy groups -OCH3 is 3. The van der Waals surface area contributed by atoms with Crippen LogP contribution in [0.4, 0.5) is 0 Å². The van der Waals surface area contributed by atoms with Gasteiger partial charge in [-0.05, 0) is 31.9 Å². The number of hydrogen-bond donors (Lipinski definition) is 0. The van der Waals surface area contributed by atoms with Crippen LogP contribution in [0.2, 0.25) is 0 Å². The second-order valence-corrected chi connectivity index (χ2v) is 5.54. The predicted molar refractivity (Wildman–Crippen MR) is 79.8 cm³/mol. The second kappa shape index (κ2) is 6.05. The first-order valence-electron chi connectivity index (χ1n) is 5.59. The minimum absolute atomic E-state index is 0.349. The van der Waals surface area contributed by atoms with Crippen molar-refractivity contribution in [3.05, 3.63) is 26.7 Å². The lowest BCUT2D eigenvalue weighted by Crippen LogP contribution is -2.06. The molecule has 0 aromatic heterocycles. The van der Waals surface area contributed by atoms with E-state index in [-0.39, 0.29) is 0 Å². The Kier molecular flexibility index (Phi) is 4.59. The summed E-state index contributed by atoms with van der Waals surface area (Å²) >= 11 is 6.53. The largest absolute Gasteiger partial charge is 0.496 e. The van der Waals surface area contributed by atoms with Gasteiger partial charge in [0.05, 0.1) is 31.4 Å². The van der Waals surface area contributed by atoms with E-state index in [0.29, 0.717) is 31.8 Å². The van der Waals surface area contributed by atoms with E-state index in [9.17, 15) is 4.79 Å². The van der Waals surface area contributed by atoms with Crippen LogP contribution in [0.5, 0.6) is 17.2 Å². The topological polar surface area (TPSA) is 54.0 Å². The second-order valence-electron chi connectivity index (χ2n) is 3.89. The quantitative estimate of drug-likeness (QED) is 0.716. The number of halogens is 2. The molecule has 1 heterocycles. The van der Waals surface area contributed by atoms with Crippen molar-refractivity contribution in [1.29, 1.82) is 0 Å². The smallest absolute Gasteiger partial charge is 0.347 e. The number of carbonyl (C=O) groups is 1. The third-order valence-electron chi connectivity index (χ3n) is 2.86. The number of cyclic esters (lactones) is 1. The van der Waals surface area contributed by atoms with Crippen LogP contribution in [0.25, 0.3) is 0 Å². The van der Waals surface area contributed by atoms with Crippen molar-refractivity contribution < 1.29 is 23.7 Å². The Morgan fingerprint density at radius 1 is 1.05 bits per heavy atom. The van der Waals surface area contributed by atoms with Crippen molar-refractivity contribution >= 4 is 37.8 Å². The Morgan fingerprint density at radius 2 is 1.60 bits per heavy atom. The van der Waals surface area contributed by atoms with E-state index in [1.807, 2.05) is 0 Å². The molecule has 5 nitrogen and oxygen atoms in total. The Balaban J connectivity index is 2.59. The molecule has 7 heteroatoms. The van der Waals surface area contributed by atoms with Crippen molar-refractivity contribution in [3.63, 3.8) is 0 Å². The van der Waals surface area contributed by atoms with Gasteiger partial charge in [0.2, 0.25) is 0 Å². The molecule has 20 heavy (non-hydrogen) atoms. The van der Waals surface area contributed by atoms with E-state index in [4.69, 9.17) is 18.9 Å². The molecular weight excluding hydrogens is 396 g/mol. The van der Waals surface area contributed by atoms with Gasteiger partial charge in [-0.3, -0.25) is 0 Å². The van der Waals surface area contributed by atoms with Gasteiger partial charge in [0.15, 0.2) is 6.10 Å². The molecule has 1 unspecified atom stereocenters. The number of hydrogen-bond acceptors (Lipinski definition) is 5. The normalized spacial score (nSPS) is 18.1. The Bertz CT molecular complexity index is 557. The fourth-order valence-electron chi connectivity index (χ4n) is 1.90. The van der Waals surface area contributed by atoms with Gasteiger partial charge < -0.3 is 18.9 Å². The number of carbonyl (C=O) groups excluding carboxylic acids is 1. The summed E-state index contributed by atoms with van der Waals surface area (Å²) in [5, 5.41) is 0. The summed E-state index contributed by atoms with van der Waals surface area (Å²) in [5.41, 5.74) is 0.616. The van der Waals surface area contributed by atoms with Gasteiger partial charge in [0.1, 0.15) is 21.7 Å². The van der Waals surface area contributed by atoms with Crippen molar-refractivity contribution in [2.45, 2.75) is 6.10 Å². The van der Waals surface area contributed by atoms with Crippen LogP contribution in [-0.2, 0) is 9.53 Å². The Labute approximate surface area is 133 Å². The van der Waals surface area contributed by atoms with Crippen molar-refractivity contribution in [2.75, 3.05) is 21.3 Å². The molecule has 1 aliphatic heterocycles. The molecule has 0 saturated heterocycles. The van der Waals surface area contributed by atoms with E-state index in [1.54, 1.807) is 19.2 Å². The first-order valence-corrected chi connectivity index (χ1v) is 7.18. The van der Waals surface area contributed by atoms with Gasteiger partial charge in [0, 0.05) is 12.1 Å². The van der Waals surface area contributed by atoms with Gasteiger partial charge in [0.25, 0.3) is 0 Å². The summed E-state index contributed by atoms with van der Waals surface area (Å²) in [6, 6.07) is 3.41. The van der Waals surface area contributed by atoms with Crippen LogP contribution in [0.15, 0.2) is 21.1 Å². The molecule has 0 amide bonds. The fourth-order valence-corrected chi connectivity index (χ4v) is 2.69. The maximum absolute atomic E-state index is 11.6. The van der Waals surface area contributed by atoms with Crippen LogP contribution < -0.4 is 14.2 Å². The molecule has 108 valence electrons. The fraction of sp³-hybridized carbons (Fsp3) is 0.308. The van der Waals surface area contributed by atoms with Gasteiger partial charge in [-0.2, -0.15) is 0 Å². The average Bonchev–Trinajstić information content (AvgIpc) is 2.73. The minimum atomic E-state index is -0.618. The molecule has 0 spiro atoms. The summed E-state index contributed by atoms with van der Waals surface area (Å²) in [6.45, 7) is 0. The van der Waals surface area contributed by atoms with E-state index < -0.39 is 12.1 Å². The molecule has 1 aromatic carbocycles. The summed E-state index contributed by atoms with van der Waals surface area (Å²) in [6.07, 6.45) is -0.618. The SMILES string of the molecule is COc1cc(OC)c(C2OC(=O)C(Br)=C2Br)c(OC)c1. The van der Waals surface area contributed by atoms with Crippen LogP contribution in [0.1, 0.15) is 11.7 Å². The van der Waals surface area contributed by atoms with Crippen molar-refractivity contribution in [1.82, 2.24) is 0 Å². The lowest BCUT2D eigenvalue weighted by Gasteiger charge is -2.19. The molecular formula is C13H12Br2O5. The van der Waals surface area contributed by atoms with Crippen LogP contribution in [0.3, 0.4) is 0 Å². The average molecular weight is 408 g/mol. The summed E-state index contributed by atoms with van der Waals surface area (Å²) in [4.78, 5) is 11.6. The third kappa shape index (κ3) is 2.52. The van der Waals surface area contributed by atoms with Crippen LogP contribution >= 0.6 is 31.9 Å². The number of esters is 1. The van der Waals surface area contributed by atoms with Crippen molar-refractivity contribution in [2.24, 2.45) is 0 Å². The highest BCUT2D eigenvalue weighted by atomic mass is 79.9. The van der Waals surface area contributed by atoms with Gasteiger partial charge >= 0.3 is 5.97 Å². The molecule has 1 aromatic rings. The third-order valence-corrected chi connectivity index (χ3v) is 4.95. The van der Waals surface area contributed by atoms with Gasteiger partial charge in [-0.25, -0.2) is 4.79 Å². The molecule has 0 radical (unpaired) electrons. The zero-order valence-corrected chi connectivity index (χ0v) is 14.2. The predicted octanol–water partition coefficient (Wildman–Crippen LogP) is 3.31. The zero-order valence-electron chi connectivity index (χ0n) is 11.0. The van der Waals surface area contributed by atoms with Gasteiger partial charge in [-0.15, -0.1) is 0 Å². The van der Waals surface area contributed by atoms with E-state index in [0.717, 1.165) is 0 Å². The highest BCUT2D eigenvalue weighted by molar-refractivity contribution is 9.14. The zero-order chi connectivity index (χ0) is 14.9. The Hall–Kier alpha value is -1.21. The number of benzene rings is 1. The molecule has 0 N–H and O–H groups in total. The summed E-state index contributed by atoms with van der Waals surface area (Å²) in [7, 11) is 4.61. The molecule has 1 atom stereocenters. The standard InChI is InChI=1S/C13H12Br2O5/c1-17-6-4-7(18-2)9(8(5-6)19-3)12-10(14)11(15)13(16)20-12/h4-5,12H,1-3H3. The summed E-state index contributed by atoms with van der Waals surface area (Å²) < 4.78 is 22.1. The highest BCUT2D eigenvalue weighted by Crippen LogP contribution is 2.48.